The van der Waals surface area contributed by atoms with E-state index in [1.165, 1.54) is 17.0 Å². The molecule has 1 N–H and O–H groups in total. The first-order chi connectivity index (χ1) is 18.1. The van der Waals surface area contributed by atoms with Gasteiger partial charge in [0.25, 0.3) is 10.0 Å². The topological polar surface area (TPSA) is 86.8 Å². The first-order valence-electron chi connectivity index (χ1n) is 12.2. The third-order valence-electron chi connectivity index (χ3n) is 6.21. The molecule has 0 aliphatic carbocycles. The molecule has 2 unspecified atom stereocenters. The smallest absolute Gasteiger partial charge is 0.264 e. The first kappa shape index (κ1) is 29.5. The summed E-state index contributed by atoms with van der Waals surface area (Å²) in [6.45, 7) is 4.78. The van der Waals surface area contributed by atoms with Gasteiger partial charge in [-0.3, -0.25) is 13.9 Å². The number of anilines is 1. The lowest BCUT2D eigenvalue weighted by molar-refractivity contribution is -0.139. The van der Waals surface area contributed by atoms with Gasteiger partial charge in [-0.25, -0.2) is 8.42 Å². The number of nitrogens with zero attached hydrogens (tertiary/aromatic N) is 2. The third kappa shape index (κ3) is 7.07. The molecule has 0 aliphatic rings. The van der Waals surface area contributed by atoms with Crippen LogP contribution in [0.2, 0.25) is 10.0 Å². The zero-order valence-electron chi connectivity index (χ0n) is 21.5. The maximum absolute atomic E-state index is 13.9. The number of carbonyl (C=O) groups is 2. The van der Waals surface area contributed by atoms with Gasteiger partial charge in [0, 0.05) is 28.2 Å². The number of halogens is 2. The molecule has 0 aliphatic heterocycles. The van der Waals surface area contributed by atoms with Crippen LogP contribution in [0.4, 0.5) is 5.69 Å². The summed E-state index contributed by atoms with van der Waals surface area (Å²) >= 11 is 12.8. The van der Waals surface area contributed by atoms with E-state index < -0.39 is 28.5 Å². The van der Waals surface area contributed by atoms with Gasteiger partial charge in [-0.1, -0.05) is 72.6 Å². The molecule has 0 saturated heterocycles. The highest BCUT2D eigenvalue weighted by Crippen LogP contribution is 2.28. The molecule has 3 rings (SSSR count). The molecular weight excluding hydrogens is 545 g/mol. The Labute approximate surface area is 234 Å². The van der Waals surface area contributed by atoms with Gasteiger partial charge >= 0.3 is 0 Å². The summed E-state index contributed by atoms with van der Waals surface area (Å²) in [5.74, 6) is -0.954. The molecule has 38 heavy (non-hydrogen) atoms. The Kier molecular flexibility index (Phi) is 10.2. The zero-order chi connectivity index (χ0) is 27.9. The third-order valence-corrected chi connectivity index (χ3v) is 8.71. The maximum atomic E-state index is 13.9. The summed E-state index contributed by atoms with van der Waals surface area (Å²) in [6.07, 6.45) is 0.708. The van der Waals surface area contributed by atoms with Crippen molar-refractivity contribution in [1.82, 2.24) is 10.2 Å². The van der Waals surface area contributed by atoms with Crippen LogP contribution in [0.15, 0.2) is 83.8 Å². The van der Waals surface area contributed by atoms with Gasteiger partial charge in [0.15, 0.2) is 0 Å². The molecule has 0 radical (unpaired) electrons. The van der Waals surface area contributed by atoms with Crippen molar-refractivity contribution >= 4 is 50.7 Å². The number of nitrogens with one attached hydrogen (secondary N) is 1. The van der Waals surface area contributed by atoms with Crippen molar-refractivity contribution in [3.63, 3.8) is 0 Å². The maximum Gasteiger partial charge on any atom is 0.264 e. The van der Waals surface area contributed by atoms with Crippen molar-refractivity contribution < 1.29 is 18.0 Å². The number of amides is 2. The predicted octanol–water partition coefficient (Wildman–Crippen LogP) is 5.52. The molecule has 0 saturated carbocycles. The minimum atomic E-state index is -4.11. The summed E-state index contributed by atoms with van der Waals surface area (Å²) in [5.41, 5.74) is 0.779. The summed E-state index contributed by atoms with van der Waals surface area (Å²) in [6, 6.07) is 20.2. The average molecular weight is 577 g/mol. The fraction of sp³-hybridized carbons (Fsp3) is 0.286. The van der Waals surface area contributed by atoms with E-state index in [9.17, 15) is 18.0 Å². The van der Waals surface area contributed by atoms with E-state index in [1.54, 1.807) is 73.7 Å². The Morgan fingerprint density at radius 3 is 1.97 bits per heavy atom. The van der Waals surface area contributed by atoms with Gasteiger partial charge in [-0.15, -0.1) is 0 Å². The molecule has 0 fully saturated rings. The van der Waals surface area contributed by atoms with Crippen molar-refractivity contribution in [2.45, 2.75) is 50.7 Å². The van der Waals surface area contributed by atoms with Crippen LogP contribution in [-0.4, -0.2) is 43.8 Å². The predicted molar refractivity (Wildman–Crippen MR) is 152 cm³/mol. The number of hydrogen-bond donors (Lipinski definition) is 1. The van der Waals surface area contributed by atoms with E-state index in [0.29, 0.717) is 27.7 Å². The van der Waals surface area contributed by atoms with E-state index in [4.69, 9.17) is 23.2 Å². The Bertz CT molecular complexity index is 1330. The van der Waals surface area contributed by atoms with Crippen molar-refractivity contribution in [2.75, 3.05) is 10.8 Å². The Balaban J connectivity index is 2.03. The molecule has 0 spiro atoms. The van der Waals surface area contributed by atoms with Crippen LogP contribution in [0.3, 0.4) is 0 Å². The number of benzene rings is 3. The van der Waals surface area contributed by atoms with E-state index in [0.717, 1.165) is 4.31 Å². The summed E-state index contributed by atoms with van der Waals surface area (Å²) in [7, 11) is -4.11. The van der Waals surface area contributed by atoms with Gasteiger partial charge in [-0.05, 0) is 56.7 Å². The van der Waals surface area contributed by atoms with E-state index in [2.05, 4.69) is 5.32 Å². The van der Waals surface area contributed by atoms with Crippen LogP contribution < -0.4 is 9.62 Å². The molecule has 7 nitrogen and oxygen atoms in total. The van der Waals surface area contributed by atoms with Crippen LogP contribution in [0, 0.1) is 0 Å². The Hall–Kier alpha value is -3.07. The molecule has 10 heteroatoms. The summed E-state index contributed by atoms with van der Waals surface area (Å²) in [4.78, 5) is 28.3. The molecule has 0 heterocycles. The highest BCUT2D eigenvalue weighted by molar-refractivity contribution is 7.92. The lowest BCUT2D eigenvalue weighted by Crippen LogP contribution is -2.52. The molecule has 0 aromatic heterocycles. The number of carbonyl (C=O) groups excluding carboxylic acids is 2. The van der Waals surface area contributed by atoms with Gasteiger partial charge in [-0.2, -0.15) is 0 Å². The molecule has 3 aromatic carbocycles. The van der Waals surface area contributed by atoms with Crippen molar-refractivity contribution in [1.29, 1.82) is 0 Å². The first-order valence-corrected chi connectivity index (χ1v) is 14.4. The molecular formula is C28H31Cl2N3O4S. The SMILES string of the molecule is CCC(C)NC(=O)C(C)N(Cc1c(Cl)cccc1Cl)C(=O)CN(c1ccccc1)S(=O)(=O)c1ccccc1. The normalized spacial score (nSPS) is 12.9. The quantitative estimate of drug-likeness (QED) is 0.326. The molecule has 202 valence electrons. The van der Waals surface area contributed by atoms with Gasteiger partial charge < -0.3 is 10.2 Å². The van der Waals surface area contributed by atoms with Gasteiger partial charge in [0.05, 0.1) is 10.6 Å². The number of rotatable bonds is 11. The molecule has 3 aromatic rings. The van der Waals surface area contributed by atoms with Gasteiger partial charge in [0.1, 0.15) is 12.6 Å². The molecule has 2 amide bonds. The molecule has 0 bridgehead atoms. The average Bonchev–Trinajstić information content (AvgIpc) is 2.91. The standard InChI is InChI=1S/C28H31Cl2N3O4S/c1-4-20(2)31-28(35)21(3)32(18-24-25(29)16-11-17-26(24)30)27(34)19-33(22-12-7-5-8-13-22)38(36,37)23-14-9-6-10-15-23/h5-17,20-21H,4,18-19H2,1-3H3,(H,31,35). The highest BCUT2D eigenvalue weighted by atomic mass is 35.5. The fourth-order valence-electron chi connectivity index (χ4n) is 3.74. The second kappa shape index (κ2) is 13.1. The highest BCUT2D eigenvalue weighted by Gasteiger charge is 2.33. The number of sulfonamides is 1. The summed E-state index contributed by atoms with van der Waals surface area (Å²) < 4.78 is 28.4. The summed E-state index contributed by atoms with van der Waals surface area (Å²) in [5, 5.41) is 3.56. The van der Waals surface area contributed by atoms with Crippen molar-refractivity contribution in [3.8, 4) is 0 Å². The minimum absolute atomic E-state index is 0.0416. The lowest BCUT2D eigenvalue weighted by atomic mass is 10.1. The van der Waals surface area contributed by atoms with Crippen molar-refractivity contribution in [2.24, 2.45) is 0 Å². The minimum Gasteiger partial charge on any atom is -0.352 e. The Morgan fingerprint density at radius 2 is 1.42 bits per heavy atom. The van der Waals surface area contributed by atoms with Crippen LogP contribution >= 0.6 is 23.2 Å². The van der Waals surface area contributed by atoms with Crippen LogP contribution in [0.5, 0.6) is 0 Å². The monoisotopic (exact) mass is 575 g/mol. The second-order valence-electron chi connectivity index (χ2n) is 8.88. The fourth-order valence-corrected chi connectivity index (χ4v) is 5.70. The number of para-hydroxylation sites is 1. The van der Waals surface area contributed by atoms with E-state index in [1.807, 2.05) is 13.8 Å². The van der Waals surface area contributed by atoms with E-state index in [-0.39, 0.29) is 23.4 Å². The van der Waals surface area contributed by atoms with Crippen molar-refractivity contribution in [3.05, 3.63) is 94.5 Å². The largest absolute Gasteiger partial charge is 0.352 e. The van der Waals surface area contributed by atoms with Crippen LogP contribution in [0.1, 0.15) is 32.8 Å². The van der Waals surface area contributed by atoms with Gasteiger partial charge in [0.2, 0.25) is 11.8 Å². The second-order valence-corrected chi connectivity index (χ2v) is 11.6. The van der Waals surface area contributed by atoms with Crippen LogP contribution in [0.25, 0.3) is 0 Å². The lowest BCUT2D eigenvalue weighted by Gasteiger charge is -2.32. The Morgan fingerprint density at radius 1 is 0.868 bits per heavy atom. The zero-order valence-corrected chi connectivity index (χ0v) is 23.8. The molecule has 2 atom stereocenters. The van der Waals surface area contributed by atoms with Crippen LogP contribution in [-0.2, 0) is 26.2 Å². The van der Waals surface area contributed by atoms with E-state index >= 15 is 0 Å². The number of hydrogen-bond acceptors (Lipinski definition) is 4.